The van der Waals surface area contributed by atoms with Crippen LogP contribution in [0.1, 0.15) is 24.2 Å². The van der Waals surface area contributed by atoms with Crippen LogP contribution in [0.25, 0.3) is 0 Å². The third-order valence-electron chi connectivity index (χ3n) is 2.80. The van der Waals surface area contributed by atoms with E-state index in [1.807, 2.05) is 23.7 Å². The number of pyridine rings is 1. The second-order valence-electron chi connectivity index (χ2n) is 4.12. The van der Waals surface area contributed by atoms with Crippen molar-refractivity contribution in [3.05, 3.63) is 36.4 Å². The maximum atomic E-state index is 6.22. The second-order valence-corrected chi connectivity index (χ2v) is 5.22. The SMILES string of the molecule is CCC(N)C(Sc1nncn1C)c1ccncc1. The van der Waals surface area contributed by atoms with Crippen molar-refractivity contribution in [2.75, 3.05) is 0 Å². The van der Waals surface area contributed by atoms with E-state index in [2.05, 4.69) is 22.1 Å². The molecule has 2 heterocycles. The van der Waals surface area contributed by atoms with Crippen LogP contribution in [0.4, 0.5) is 0 Å². The van der Waals surface area contributed by atoms with Gasteiger partial charge >= 0.3 is 0 Å². The van der Waals surface area contributed by atoms with Crippen LogP contribution in [0, 0.1) is 0 Å². The zero-order chi connectivity index (χ0) is 13.0. The number of aryl methyl sites for hydroxylation is 1. The minimum Gasteiger partial charge on any atom is -0.326 e. The summed E-state index contributed by atoms with van der Waals surface area (Å²) in [7, 11) is 1.93. The molecule has 2 atom stereocenters. The molecule has 2 aromatic rings. The van der Waals surface area contributed by atoms with Crippen molar-refractivity contribution in [1.29, 1.82) is 0 Å². The highest BCUT2D eigenvalue weighted by atomic mass is 32.2. The van der Waals surface area contributed by atoms with Gasteiger partial charge in [-0.2, -0.15) is 0 Å². The van der Waals surface area contributed by atoms with E-state index in [4.69, 9.17) is 5.73 Å². The van der Waals surface area contributed by atoms with Crippen molar-refractivity contribution >= 4 is 11.8 Å². The van der Waals surface area contributed by atoms with Crippen molar-refractivity contribution in [2.45, 2.75) is 29.8 Å². The molecule has 0 aromatic carbocycles. The van der Waals surface area contributed by atoms with E-state index < -0.39 is 0 Å². The Balaban J connectivity index is 2.24. The summed E-state index contributed by atoms with van der Waals surface area (Å²) >= 11 is 1.64. The molecule has 2 unspecified atom stereocenters. The Hall–Kier alpha value is -1.40. The lowest BCUT2D eigenvalue weighted by atomic mass is 10.1. The molecular formula is C12H17N5S. The normalized spacial score (nSPS) is 14.4. The molecule has 0 saturated carbocycles. The minimum absolute atomic E-state index is 0.0779. The van der Waals surface area contributed by atoms with Gasteiger partial charge < -0.3 is 10.3 Å². The van der Waals surface area contributed by atoms with E-state index in [0.29, 0.717) is 0 Å². The molecular weight excluding hydrogens is 246 g/mol. The molecule has 5 nitrogen and oxygen atoms in total. The van der Waals surface area contributed by atoms with Crippen molar-refractivity contribution in [2.24, 2.45) is 12.8 Å². The largest absolute Gasteiger partial charge is 0.326 e. The van der Waals surface area contributed by atoms with Gasteiger partial charge in [-0.15, -0.1) is 10.2 Å². The first-order valence-electron chi connectivity index (χ1n) is 5.88. The number of rotatable bonds is 5. The molecule has 18 heavy (non-hydrogen) atoms. The van der Waals surface area contributed by atoms with E-state index in [9.17, 15) is 0 Å². The van der Waals surface area contributed by atoms with Gasteiger partial charge in [-0.25, -0.2) is 0 Å². The van der Waals surface area contributed by atoms with Crippen LogP contribution in [0.5, 0.6) is 0 Å². The van der Waals surface area contributed by atoms with Crippen LogP contribution < -0.4 is 5.73 Å². The summed E-state index contributed by atoms with van der Waals surface area (Å²) in [4.78, 5) is 4.04. The predicted octanol–water partition coefficient (Wildman–Crippen LogP) is 1.78. The van der Waals surface area contributed by atoms with Crippen LogP contribution in [0.3, 0.4) is 0 Å². The summed E-state index contributed by atoms with van der Waals surface area (Å²) in [5.41, 5.74) is 7.39. The lowest BCUT2D eigenvalue weighted by molar-refractivity contribution is 0.630. The Morgan fingerprint density at radius 3 is 2.67 bits per heavy atom. The fourth-order valence-electron chi connectivity index (χ4n) is 1.66. The predicted molar refractivity (Wildman–Crippen MR) is 72.1 cm³/mol. The molecule has 2 rings (SSSR count). The molecule has 2 N–H and O–H groups in total. The van der Waals surface area contributed by atoms with E-state index in [-0.39, 0.29) is 11.3 Å². The zero-order valence-electron chi connectivity index (χ0n) is 10.5. The van der Waals surface area contributed by atoms with E-state index >= 15 is 0 Å². The molecule has 0 bridgehead atoms. The zero-order valence-corrected chi connectivity index (χ0v) is 11.3. The summed E-state index contributed by atoms with van der Waals surface area (Å²) in [5.74, 6) is 0. The first-order chi connectivity index (χ1) is 8.72. The van der Waals surface area contributed by atoms with Crippen LogP contribution in [0.2, 0.25) is 0 Å². The summed E-state index contributed by atoms with van der Waals surface area (Å²) < 4.78 is 1.90. The summed E-state index contributed by atoms with van der Waals surface area (Å²) in [5, 5.41) is 9.04. The molecule has 0 spiro atoms. The van der Waals surface area contributed by atoms with Crippen LogP contribution in [0.15, 0.2) is 36.0 Å². The number of nitrogens with zero attached hydrogens (tertiary/aromatic N) is 4. The molecule has 0 saturated heterocycles. The van der Waals surface area contributed by atoms with Gasteiger partial charge in [0.25, 0.3) is 0 Å². The monoisotopic (exact) mass is 263 g/mol. The van der Waals surface area contributed by atoms with E-state index in [1.165, 1.54) is 5.56 Å². The molecule has 0 radical (unpaired) electrons. The number of hydrogen-bond donors (Lipinski definition) is 1. The molecule has 0 aliphatic rings. The number of nitrogens with two attached hydrogens (primary N) is 1. The third-order valence-corrected chi connectivity index (χ3v) is 4.25. The highest BCUT2D eigenvalue weighted by molar-refractivity contribution is 7.99. The Morgan fingerprint density at radius 1 is 1.39 bits per heavy atom. The summed E-state index contributed by atoms with van der Waals surface area (Å²) in [6.45, 7) is 2.09. The van der Waals surface area contributed by atoms with Crippen molar-refractivity contribution < 1.29 is 0 Å². The van der Waals surface area contributed by atoms with Gasteiger partial charge in [0, 0.05) is 25.5 Å². The standard InChI is InChI=1S/C12H17N5S/c1-3-10(13)11(9-4-6-14-7-5-9)18-12-16-15-8-17(12)2/h4-8,10-11H,3,13H2,1-2H3. The Labute approximate surface area is 111 Å². The molecule has 0 aliphatic heterocycles. The van der Waals surface area contributed by atoms with Gasteiger partial charge in [-0.3, -0.25) is 4.98 Å². The average Bonchev–Trinajstić information content (AvgIpc) is 2.81. The number of aromatic nitrogens is 4. The quantitative estimate of drug-likeness (QED) is 0.833. The topological polar surface area (TPSA) is 69.6 Å². The third kappa shape index (κ3) is 2.88. The van der Waals surface area contributed by atoms with Gasteiger partial charge in [0.05, 0.1) is 5.25 Å². The molecule has 0 amide bonds. The Bertz CT molecular complexity index is 484. The average molecular weight is 263 g/mol. The van der Waals surface area contributed by atoms with Gasteiger partial charge in [-0.1, -0.05) is 18.7 Å². The van der Waals surface area contributed by atoms with Crippen LogP contribution >= 0.6 is 11.8 Å². The summed E-state index contributed by atoms with van der Waals surface area (Å²) in [6.07, 6.45) is 6.20. The van der Waals surface area contributed by atoms with Crippen molar-refractivity contribution in [3.8, 4) is 0 Å². The molecule has 0 aliphatic carbocycles. The highest BCUT2D eigenvalue weighted by Gasteiger charge is 2.21. The fourth-order valence-corrected chi connectivity index (χ4v) is 2.86. The fraction of sp³-hybridized carbons (Fsp3) is 0.417. The Kier molecular flexibility index (Phi) is 4.33. The smallest absolute Gasteiger partial charge is 0.191 e. The molecule has 2 aromatic heterocycles. The van der Waals surface area contributed by atoms with Gasteiger partial charge in [0.15, 0.2) is 5.16 Å². The lowest BCUT2D eigenvalue weighted by Gasteiger charge is -2.22. The maximum Gasteiger partial charge on any atom is 0.191 e. The summed E-state index contributed by atoms with van der Waals surface area (Å²) in [6, 6.07) is 4.08. The second kappa shape index (κ2) is 5.97. The van der Waals surface area contributed by atoms with E-state index in [1.54, 1.807) is 30.5 Å². The highest BCUT2D eigenvalue weighted by Crippen LogP contribution is 2.36. The van der Waals surface area contributed by atoms with Gasteiger partial charge in [0.2, 0.25) is 0 Å². The van der Waals surface area contributed by atoms with Gasteiger partial charge in [-0.05, 0) is 24.1 Å². The number of thioether (sulfide) groups is 1. The van der Waals surface area contributed by atoms with Gasteiger partial charge in [0.1, 0.15) is 6.33 Å². The molecule has 0 fully saturated rings. The molecule has 96 valence electrons. The maximum absolute atomic E-state index is 6.22. The van der Waals surface area contributed by atoms with Crippen LogP contribution in [-0.4, -0.2) is 25.8 Å². The first kappa shape index (κ1) is 13.0. The lowest BCUT2D eigenvalue weighted by Crippen LogP contribution is -2.26. The first-order valence-corrected chi connectivity index (χ1v) is 6.76. The minimum atomic E-state index is 0.0779. The van der Waals surface area contributed by atoms with Crippen molar-refractivity contribution in [3.63, 3.8) is 0 Å². The van der Waals surface area contributed by atoms with Crippen molar-refractivity contribution in [1.82, 2.24) is 19.7 Å². The van der Waals surface area contributed by atoms with E-state index in [0.717, 1.165) is 11.6 Å². The molecule has 6 heteroatoms. The number of hydrogen-bond acceptors (Lipinski definition) is 5. The van der Waals surface area contributed by atoms with Crippen LogP contribution in [-0.2, 0) is 7.05 Å². The Morgan fingerprint density at radius 2 is 2.11 bits per heavy atom.